The van der Waals surface area contributed by atoms with Crippen molar-refractivity contribution >= 4 is 28.9 Å². The Morgan fingerprint density at radius 2 is 2.09 bits per heavy atom. The first-order valence-corrected chi connectivity index (χ1v) is 8.32. The normalized spacial score (nSPS) is 22.3. The number of hydrogen-bond donors (Lipinski definition) is 1. The molecular formula is C18H18N2O2S. The molecule has 1 aromatic rings. The Morgan fingerprint density at radius 1 is 1.30 bits per heavy atom. The van der Waals surface area contributed by atoms with E-state index in [1.807, 2.05) is 23.6 Å². The summed E-state index contributed by atoms with van der Waals surface area (Å²) < 4.78 is 0. The van der Waals surface area contributed by atoms with Crippen LogP contribution >= 0.6 is 11.3 Å². The maximum atomic E-state index is 12.1. The van der Waals surface area contributed by atoms with Gasteiger partial charge in [-0.1, -0.05) is 32.9 Å². The SMILES string of the molecule is CC(C)(C)C1=CC(=O)NC2=CC(=NC(=O)c3cccs3)C=CC21. The summed E-state index contributed by atoms with van der Waals surface area (Å²) in [6.07, 6.45) is 7.29. The van der Waals surface area contributed by atoms with Gasteiger partial charge in [-0.2, -0.15) is 0 Å². The summed E-state index contributed by atoms with van der Waals surface area (Å²) in [7, 11) is 0. The largest absolute Gasteiger partial charge is 0.325 e. The van der Waals surface area contributed by atoms with Gasteiger partial charge >= 0.3 is 0 Å². The third kappa shape index (κ3) is 3.24. The third-order valence-corrected chi connectivity index (χ3v) is 4.67. The number of allylic oxidation sites excluding steroid dienone is 3. The van der Waals surface area contributed by atoms with Crippen LogP contribution in [0.2, 0.25) is 0 Å². The van der Waals surface area contributed by atoms with Gasteiger partial charge in [-0.3, -0.25) is 9.59 Å². The lowest BCUT2D eigenvalue weighted by Crippen LogP contribution is -2.36. The fourth-order valence-corrected chi connectivity index (χ4v) is 3.32. The Labute approximate surface area is 139 Å². The van der Waals surface area contributed by atoms with E-state index in [9.17, 15) is 9.59 Å². The molecule has 4 nitrogen and oxygen atoms in total. The molecule has 3 rings (SSSR count). The Bertz CT molecular complexity index is 774. The fraction of sp³-hybridized carbons (Fsp3) is 0.278. The Kier molecular flexibility index (Phi) is 3.90. The van der Waals surface area contributed by atoms with E-state index in [4.69, 9.17) is 0 Å². The van der Waals surface area contributed by atoms with Gasteiger partial charge in [0.15, 0.2) is 0 Å². The molecule has 0 radical (unpaired) electrons. The summed E-state index contributed by atoms with van der Waals surface area (Å²) in [6, 6.07) is 3.58. The number of nitrogens with one attached hydrogen (secondary N) is 1. The molecule has 1 aliphatic heterocycles. The zero-order valence-corrected chi connectivity index (χ0v) is 14.1. The third-order valence-electron chi connectivity index (χ3n) is 3.82. The molecule has 1 atom stereocenters. The van der Waals surface area contributed by atoms with Crippen molar-refractivity contribution in [2.24, 2.45) is 16.3 Å². The summed E-state index contributed by atoms with van der Waals surface area (Å²) >= 11 is 1.37. The molecule has 0 fully saturated rings. The number of amides is 2. The van der Waals surface area contributed by atoms with Crippen molar-refractivity contribution in [1.82, 2.24) is 5.32 Å². The standard InChI is InChI=1S/C18H18N2O2S/c1-18(2,3)13-10-16(21)20-14-9-11(6-7-12(13)14)19-17(22)15-5-4-8-23-15/h4-10,12H,1-3H3,(H,20,21). The maximum Gasteiger partial charge on any atom is 0.287 e. The van der Waals surface area contributed by atoms with Crippen LogP contribution in [-0.4, -0.2) is 17.5 Å². The van der Waals surface area contributed by atoms with Gasteiger partial charge in [0.2, 0.25) is 5.91 Å². The maximum absolute atomic E-state index is 12.1. The van der Waals surface area contributed by atoms with Crippen molar-refractivity contribution in [1.29, 1.82) is 0 Å². The second-order valence-corrected chi connectivity index (χ2v) is 7.54. The summed E-state index contributed by atoms with van der Waals surface area (Å²) in [5.41, 5.74) is 2.30. The lowest BCUT2D eigenvalue weighted by molar-refractivity contribution is -0.116. The molecule has 1 aromatic heterocycles. The lowest BCUT2D eigenvalue weighted by Gasteiger charge is -2.34. The van der Waals surface area contributed by atoms with Gasteiger partial charge in [-0.15, -0.1) is 11.3 Å². The summed E-state index contributed by atoms with van der Waals surface area (Å²) in [5.74, 6) is -0.358. The average Bonchev–Trinajstić information content (AvgIpc) is 2.99. The van der Waals surface area contributed by atoms with Gasteiger partial charge in [0, 0.05) is 17.7 Å². The van der Waals surface area contributed by atoms with Crippen LogP contribution in [0.5, 0.6) is 0 Å². The molecule has 118 valence electrons. The Morgan fingerprint density at radius 3 is 2.74 bits per heavy atom. The van der Waals surface area contributed by atoms with Crippen molar-refractivity contribution < 1.29 is 9.59 Å². The van der Waals surface area contributed by atoms with Gasteiger partial charge in [0.05, 0.1) is 10.6 Å². The van der Waals surface area contributed by atoms with Gasteiger partial charge in [0.1, 0.15) is 0 Å². The van der Waals surface area contributed by atoms with Crippen LogP contribution in [0.15, 0.2) is 58.1 Å². The molecule has 0 bridgehead atoms. The molecule has 5 heteroatoms. The predicted molar refractivity (Wildman–Crippen MR) is 92.5 cm³/mol. The van der Waals surface area contributed by atoms with Crippen molar-refractivity contribution in [3.63, 3.8) is 0 Å². The number of aliphatic imine (C=N–C) groups is 1. The van der Waals surface area contributed by atoms with Crippen molar-refractivity contribution in [3.8, 4) is 0 Å². The van der Waals surface area contributed by atoms with Crippen LogP contribution in [0.4, 0.5) is 0 Å². The van der Waals surface area contributed by atoms with Crippen LogP contribution in [0, 0.1) is 11.3 Å². The molecule has 0 aromatic carbocycles. The number of carbonyl (C=O) groups excluding carboxylic acids is 2. The van der Waals surface area contributed by atoms with E-state index in [1.165, 1.54) is 11.3 Å². The minimum Gasteiger partial charge on any atom is -0.325 e. The Hall–Kier alpha value is -2.27. The smallest absolute Gasteiger partial charge is 0.287 e. The van der Waals surface area contributed by atoms with Gasteiger partial charge in [-0.25, -0.2) is 4.99 Å². The van der Waals surface area contributed by atoms with E-state index in [2.05, 4.69) is 31.1 Å². The highest BCUT2D eigenvalue weighted by atomic mass is 32.1. The van der Waals surface area contributed by atoms with E-state index >= 15 is 0 Å². The number of thiophene rings is 1. The molecule has 23 heavy (non-hydrogen) atoms. The molecule has 0 saturated heterocycles. The molecule has 1 unspecified atom stereocenters. The van der Waals surface area contributed by atoms with Crippen LogP contribution in [0.3, 0.4) is 0 Å². The molecule has 0 spiro atoms. The fourth-order valence-electron chi connectivity index (χ4n) is 2.72. The first-order valence-electron chi connectivity index (χ1n) is 7.44. The van der Waals surface area contributed by atoms with E-state index in [-0.39, 0.29) is 23.1 Å². The highest BCUT2D eigenvalue weighted by Gasteiger charge is 2.32. The number of carbonyl (C=O) groups is 2. The summed E-state index contributed by atoms with van der Waals surface area (Å²) in [6.45, 7) is 6.27. The van der Waals surface area contributed by atoms with E-state index < -0.39 is 0 Å². The van der Waals surface area contributed by atoms with Gasteiger partial charge < -0.3 is 5.32 Å². The topological polar surface area (TPSA) is 58.5 Å². The average molecular weight is 326 g/mol. The Balaban J connectivity index is 1.91. The van der Waals surface area contributed by atoms with E-state index in [0.717, 1.165) is 11.3 Å². The highest BCUT2D eigenvalue weighted by Crippen LogP contribution is 2.38. The van der Waals surface area contributed by atoms with E-state index in [0.29, 0.717) is 10.6 Å². The molecule has 2 heterocycles. The molecule has 2 amide bonds. The molecule has 2 aliphatic rings. The van der Waals surface area contributed by atoms with Crippen LogP contribution in [-0.2, 0) is 4.79 Å². The van der Waals surface area contributed by atoms with Crippen molar-refractivity contribution in [3.05, 3.63) is 58.0 Å². The summed E-state index contributed by atoms with van der Waals surface area (Å²) in [5, 5.41) is 4.71. The second-order valence-electron chi connectivity index (χ2n) is 6.59. The van der Waals surface area contributed by atoms with Gasteiger partial charge in [-0.05, 0) is 34.6 Å². The predicted octanol–water partition coefficient (Wildman–Crippen LogP) is 3.50. The molecule has 1 N–H and O–H groups in total. The van der Waals surface area contributed by atoms with Crippen LogP contribution < -0.4 is 5.32 Å². The quantitative estimate of drug-likeness (QED) is 0.858. The first-order chi connectivity index (χ1) is 10.8. The molecule has 0 saturated carbocycles. The molecular weight excluding hydrogens is 308 g/mol. The van der Waals surface area contributed by atoms with Crippen molar-refractivity contribution in [2.45, 2.75) is 20.8 Å². The van der Waals surface area contributed by atoms with Crippen LogP contribution in [0.25, 0.3) is 0 Å². The zero-order chi connectivity index (χ0) is 16.6. The number of hydrogen-bond acceptors (Lipinski definition) is 3. The number of nitrogens with zero attached hydrogens (tertiary/aromatic N) is 1. The molecule has 1 aliphatic carbocycles. The van der Waals surface area contributed by atoms with Gasteiger partial charge in [0.25, 0.3) is 5.91 Å². The minimum absolute atomic E-state index is 0.0310. The minimum atomic E-state index is -0.260. The van der Waals surface area contributed by atoms with Crippen LogP contribution in [0.1, 0.15) is 30.4 Å². The number of rotatable bonds is 1. The van der Waals surface area contributed by atoms with E-state index in [1.54, 1.807) is 18.2 Å². The first kappa shape index (κ1) is 15.6. The summed E-state index contributed by atoms with van der Waals surface area (Å²) in [4.78, 5) is 28.8. The van der Waals surface area contributed by atoms with Crippen molar-refractivity contribution in [2.75, 3.05) is 0 Å². The monoisotopic (exact) mass is 326 g/mol. The second kappa shape index (κ2) is 5.74. The number of fused-ring (bicyclic) bond motifs is 1. The zero-order valence-electron chi connectivity index (χ0n) is 13.3. The highest BCUT2D eigenvalue weighted by molar-refractivity contribution is 7.12. The lowest BCUT2D eigenvalue weighted by atomic mass is 9.74.